The van der Waals surface area contributed by atoms with E-state index in [9.17, 15) is 14.4 Å². The zero-order chi connectivity index (χ0) is 36.6. The van der Waals surface area contributed by atoms with Gasteiger partial charge in [-0.05, 0) is 96.4 Å². The van der Waals surface area contributed by atoms with E-state index in [0.29, 0.717) is 28.4 Å². The van der Waals surface area contributed by atoms with E-state index >= 15 is 0 Å². The summed E-state index contributed by atoms with van der Waals surface area (Å²) < 4.78 is 5.86. The Morgan fingerprint density at radius 2 is 1.32 bits per heavy atom. The highest BCUT2D eigenvalue weighted by Gasteiger charge is 2.18. The molecule has 0 aliphatic rings. The third kappa shape index (κ3) is 8.79. The number of thioether (sulfide) groups is 1. The predicted octanol–water partition coefficient (Wildman–Crippen LogP) is 9.69. The molecule has 0 bridgehead atoms. The van der Waals surface area contributed by atoms with E-state index < -0.39 is 17.1 Å². The number of nitrogens with one attached hydrogen (secondary N) is 3. The maximum absolute atomic E-state index is 13.7. The fourth-order valence-electron chi connectivity index (χ4n) is 5.55. The van der Waals surface area contributed by atoms with E-state index in [1.165, 1.54) is 11.8 Å². The lowest BCUT2D eigenvalue weighted by molar-refractivity contribution is -0.115. The van der Waals surface area contributed by atoms with Crippen molar-refractivity contribution in [3.63, 3.8) is 0 Å². The number of anilines is 2. The van der Waals surface area contributed by atoms with Crippen LogP contribution in [0, 0.1) is 0 Å². The first-order valence-corrected chi connectivity index (χ1v) is 17.8. The van der Waals surface area contributed by atoms with Crippen LogP contribution in [-0.4, -0.2) is 28.0 Å². The zero-order valence-electron chi connectivity index (χ0n) is 28.7. The predicted molar refractivity (Wildman–Crippen MR) is 212 cm³/mol. The van der Waals surface area contributed by atoms with Gasteiger partial charge >= 0.3 is 0 Å². The molecule has 3 N–H and O–H groups in total. The highest BCUT2D eigenvalue weighted by atomic mass is 32.2. The molecule has 0 fully saturated rings. The molecular weight excluding hydrogens is 681 g/mol. The van der Waals surface area contributed by atoms with Crippen LogP contribution in [-0.2, 0) is 9.59 Å². The van der Waals surface area contributed by atoms with Crippen LogP contribution in [0.5, 0.6) is 0 Å². The first kappa shape index (κ1) is 34.7. The van der Waals surface area contributed by atoms with Crippen molar-refractivity contribution in [3.8, 4) is 22.6 Å². The lowest BCUT2D eigenvalue weighted by Crippen LogP contribution is -2.30. The van der Waals surface area contributed by atoms with Crippen molar-refractivity contribution in [1.82, 2.24) is 10.3 Å². The Bertz CT molecular complexity index is 2380. The molecule has 7 aromatic rings. The Kier molecular flexibility index (Phi) is 10.5. The summed E-state index contributed by atoms with van der Waals surface area (Å²) in [7, 11) is 0. The fourth-order valence-corrected chi connectivity index (χ4v) is 6.48. The summed E-state index contributed by atoms with van der Waals surface area (Å²) in [6, 6.07) is 48.6. The van der Waals surface area contributed by atoms with Crippen LogP contribution in [0.2, 0.25) is 0 Å². The second-order valence-electron chi connectivity index (χ2n) is 12.2. The van der Waals surface area contributed by atoms with Crippen LogP contribution >= 0.6 is 11.8 Å². The molecule has 1 atom stereocenters. The lowest BCUT2D eigenvalue weighted by Gasteiger charge is -2.14. The quantitative estimate of drug-likeness (QED) is 0.0909. The van der Waals surface area contributed by atoms with Gasteiger partial charge in [0.25, 0.3) is 11.8 Å². The van der Waals surface area contributed by atoms with Crippen molar-refractivity contribution >= 4 is 58.0 Å². The summed E-state index contributed by atoms with van der Waals surface area (Å²) >= 11 is 1.36. The van der Waals surface area contributed by atoms with E-state index in [1.807, 2.05) is 128 Å². The molecule has 6 aromatic carbocycles. The molecule has 1 unspecified atom stereocenters. The summed E-state index contributed by atoms with van der Waals surface area (Å²) in [4.78, 5) is 45.3. The van der Waals surface area contributed by atoms with Crippen molar-refractivity contribution in [3.05, 3.63) is 175 Å². The topological polar surface area (TPSA) is 113 Å². The molecule has 9 heteroatoms. The summed E-state index contributed by atoms with van der Waals surface area (Å²) in [6.07, 6.45) is 1.65. The number of benzene rings is 6. The van der Waals surface area contributed by atoms with Crippen molar-refractivity contribution in [2.75, 3.05) is 10.6 Å². The van der Waals surface area contributed by atoms with Crippen LogP contribution in [0.3, 0.4) is 0 Å². The van der Waals surface area contributed by atoms with E-state index in [-0.39, 0.29) is 11.6 Å². The third-order valence-electron chi connectivity index (χ3n) is 8.32. The van der Waals surface area contributed by atoms with Crippen LogP contribution in [0.25, 0.3) is 39.8 Å². The summed E-state index contributed by atoms with van der Waals surface area (Å²) in [6.45, 7) is 1.82. The van der Waals surface area contributed by atoms with Crippen LogP contribution < -0.4 is 16.0 Å². The molecule has 8 nitrogen and oxygen atoms in total. The number of para-hydroxylation sites is 2. The zero-order valence-corrected chi connectivity index (χ0v) is 29.5. The smallest absolute Gasteiger partial charge is 0.272 e. The van der Waals surface area contributed by atoms with Crippen LogP contribution in [0.1, 0.15) is 22.8 Å². The average Bonchev–Trinajstić information content (AvgIpc) is 3.63. The van der Waals surface area contributed by atoms with Gasteiger partial charge < -0.3 is 20.4 Å². The number of hydrogen-bond acceptors (Lipinski definition) is 6. The first-order valence-electron chi connectivity index (χ1n) is 17.0. The van der Waals surface area contributed by atoms with Gasteiger partial charge in [-0.15, -0.1) is 11.8 Å². The van der Waals surface area contributed by atoms with Gasteiger partial charge in [0.05, 0.1) is 5.25 Å². The van der Waals surface area contributed by atoms with Gasteiger partial charge in [0.15, 0.2) is 5.58 Å². The number of fused-ring (bicyclic) bond motifs is 1. The molecule has 0 saturated heterocycles. The molecule has 0 aliphatic carbocycles. The van der Waals surface area contributed by atoms with Gasteiger partial charge in [-0.25, -0.2) is 4.98 Å². The maximum Gasteiger partial charge on any atom is 0.272 e. The Balaban J connectivity index is 1.01. The lowest BCUT2D eigenvalue weighted by atomic mass is 10.0. The molecular formula is C44H34N4O4S. The number of carbonyl (C=O) groups is 3. The number of hydrogen-bond donors (Lipinski definition) is 3. The summed E-state index contributed by atoms with van der Waals surface area (Å²) in [5.41, 5.74) is 6.83. The number of nitrogens with zero attached hydrogens (tertiary/aromatic N) is 1. The average molecular weight is 715 g/mol. The Morgan fingerprint density at radius 3 is 2.06 bits per heavy atom. The molecule has 3 amide bonds. The van der Waals surface area contributed by atoms with Gasteiger partial charge in [-0.3, -0.25) is 14.4 Å². The molecule has 0 aliphatic heterocycles. The van der Waals surface area contributed by atoms with E-state index in [4.69, 9.17) is 4.42 Å². The minimum Gasteiger partial charge on any atom is -0.436 e. The number of aromatic nitrogens is 1. The Hall–Kier alpha value is -6.71. The number of oxazole rings is 1. The highest BCUT2D eigenvalue weighted by Crippen LogP contribution is 2.29. The van der Waals surface area contributed by atoms with Gasteiger partial charge in [-0.2, -0.15) is 0 Å². The molecule has 1 heterocycles. The Morgan fingerprint density at radius 1 is 0.660 bits per heavy atom. The second kappa shape index (κ2) is 16.1. The molecule has 53 heavy (non-hydrogen) atoms. The highest BCUT2D eigenvalue weighted by molar-refractivity contribution is 8.00. The van der Waals surface area contributed by atoms with Crippen LogP contribution in [0.4, 0.5) is 11.4 Å². The van der Waals surface area contributed by atoms with Gasteiger partial charge in [0.1, 0.15) is 11.2 Å². The normalized spacial score (nSPS) is 11.8. The second-order valence-corrected chi connectivity index (χ2v) is 13.6. The third-order valence-corrected chi connectivity index (χ3v) is 9.42. The maximum atomic E-state index is 13.7. The minimum absolute atomic E-state index is 0.0826. The van der Waals surface area contributed by atoms with Gasteiger partial charge in [0.2, 0.25) is 11.8 Å². The van der Waals surface area contributed by atoms with Gasteiger partial charge in [0, 0.05) is 27.4 Å². The van der Waals surface area contributed by atoms with Crippen molar-refractivity contribution < 1.29 is 18.8 Å². The van der Waals surface area contributed by atoms with Crippen LogP contribution in [0.15, 0.2) is 173 Å². The fraction of sp³-hybridized carbons (Fsp3) is 0.0455. The van der Waals surface area contributed by atoms with Gasteiger partial charge in [-0.1, -0.05) is 91.0 Å². The van der Waals surface area contributed by atoms with Crippen molar-refractivity contribution in [1.29, 1.82) is 0 Å². The summed E-state index contributed by atoms with van der Waals surface area (Å²) in [5.74, 6) is -0.557. The number of carbonyl (C=O) groups excluding carboxylic acids is 3. The minimum atomic E-state index is -0.490. The SMILES string of the molecule is CC(Sc1cccc(NC(=O)/C(=C\c2ccc(-c3ccccc3)cc2)NC(=O)c2ccccc2)c1)C(=O)Nc1ccc(-c2nc3ccccc3o2)cc1. The van der Waals surface area contributed by atoms with E-state index in [2.05, 4.69) is 20.9 Å². The number of amides is 3. The molecule has 0 saturated carbocycles. The molecule has 1 aromatic heterocycles. The molecule has 0 radical (unpaired) electrons. The Labute approximate surface area is 311 Å². The molecule has 7 rings (SSSR count). The van der Waals surface area contributed by atoms with Crippen molar-refractivity contribution in [2.45, 2.75) is 17.1 Å². The van der Waals surface area contributed by atoms with E-state index in [1.54, 1.807) is 42.5 Å². The molecule has 0 spiro atoms. The summed E-state index contributed by atoms with van der Waals surface area (Å²) in [5, 5.41) is 8.23. The van der Waals surface area contributed by atoms with E-state index in [0.717, 1.165) is 32.7 Å². The standard InChI is InChI=1S/C44H34N4O4S/c1-29(41(49)45-35-25-23-34(24-26-35)44-48-38-17-8-9-18-40(38)52-44)53-37-16-10-15-36(28-37)46-43(51)39(47-42(50)33-13-6-3-7-14-33)27-30-19-21-32(22-20-30)31-11-4-2-5-12-31/h2-29H,1H3,(H,45,49)(H,46,51)(H,47,50)/b39-27+. The van der Waals surface area contributed by atoms with Crippen molar-refractivity contribution in [2.24, 2.45) is 0 Å². The largest absolute Gasteiger partial charge is 0.436 e. The monoisotopic (exact) mass is 714 g/mol. The number of rotatable bonds is 11. The first-order chi connectivity index (χ1) is 25.9. The molecule has 260 valence electrons.